The average Bonchev–Trinajstić information content (AvgIpc) is 3.16. The van der Waals surface area contributed by atoms with E-state index in [-0.39, 0.29) is 17.3 Å². The Hall–Kier alpha value is -3.66. The molecule has 1 fully saturated rings. The van der Waals surface area contributed by atoms with Gasteiger partial charge in [-0.05, 0) is 19.1 Å². The number of hydrogen-bond acceptors (Lipinski definition) is 8. The van der Waals surface area contributed by atoms with E-state index in [0.29, 0.717) is 44.2 Å². The molecule has 2 aliphatic rings. The minimum atomic E-state index is -1.00. The van der Waals surface area contributed by atoms with Crippen LogP contribution in [0.1, 0.15) is 18.3 Å². The number of carbonyl (C=O) groups is 2. The summed E-state index contributed by atoms with van der Waals surface area (Å²) < 4.78 is 11.6. The first-order chi connectivity index (χ1) is 15.8. The van der Waals surface area contributed by atoms with Gasteiger partial charge < -0.3 is 30.3 Å². The highest BCUT2D eigenvalue weighted by atomic mass is 16.5. The molecule has 2 amide bonds. The molecule has 0 unspecified atom stereocenters. The molecule has 0 aliphatic carbocycles. The molecule has 3 N–H and O–H groups in total. The molecule has 174 valence electrons. The number of likely N-dealkylation sites (N-methyl/N-ethyl adjacent to an activating group) is 1. The summed E-state index contributed by atoms with van der Waals surface area (Å²) in [6.07, 6.45) is 4.69. The zero-order valence-corrected chi connectivity index (χ0v) is 19.0. The van der Waals surface area contributed by atoms with Gasteiger partial charge in [0.15, 0.2) is 11.4 Å². The van der Waals surface area contributed by atoms with Crippen LogP contribution < -0.4 is 20.7 Å². The molecule has 0 bridgehead atoms. The van der Waals surface area contributed by atoms with Crippen molar-refractivity contribution in [3.05, 3.63) is 48.2 Å². The van der Waals surface area contributed by atoms with Gasteiger partial charge in [-0.15, -0.1) is 0 Å². The summed E-state index contributed by atoms with van der Waals surface area (Å²) in [5, 5.41) is 2.97. The van der Waals surface area contributed by atoms with Crippen LogP contribution in [0.4, 0.5) is 11.4 Å². The minimum Gasteiger partial charge on any atom is -0.477 e. The molecule has 0 radical (unpaired) electrons. The zero-order chi connectivity index (χ0) is 23.6. The maximum absolute atomic E-state index is 13.1. The van der Waals surface area contributed by atoms with Crippen molar-refractivity contribution in [2.75, 3.05) is 50.6 Å². The Kier molecular flexibility index (Phi) is 6.19. The fraction of sp³-hybridized carbons (Fsp3) is 0.391. The first-order valence-electron chi connectivity index (χ1n) is 10.7. The average molecular weight is 453 g/mol. The van der Waals surface area contributed by atoms with E-state index in [9.17, 15) is 9.59 Å². The maximum Gasteiger partial charge on any atom is 0.266 e. The molecule has 10 nitrogen and oxygen atoms in total. The van der Waals surface area contributed by atoms with Crippen LogP contribution in [0, 0.1) is 0 Å². The lowest BCUT2D eigenvalue weighted by molar-refractivity contribution is -0.142. The fourth-order valence-electron chi connectivity index (χ4n) is 4.13. The van der Waals surface area contributed by atoms with Crippen LogP contribution >= 0.6 is 0 Å². The van der Waals surface area contributed by atoms with Gasteiger partial charge in [0.25, 0.3) is 11.8 Å². The summed E-state index contributed by atoms with van der Waals surface area (Å²) >= 11 is 0. The van der Waals surface area contributed by atoms with Crippen molar-refractivity contribution >= 4 is 28.8 Å². The van der Waals surface area contributed by atoms with Crippen LogP contribution in [0.3, 0.4) is 0 Å². The van der Waals surface area contributed by atoms with Crippen molar-refractivity contribution in [1.29, 1.82) is 0 Å². The van der Waals surface area contributed by atoms with Crippen LogP contribution in [-0.2, 0) is 20.7 Å². The third-order valence-electron chi connectivity index (χ3n) is 5.72. The van der Waals surface area contributed by atoms with Gasteiger partial charge >= 0.3 is 0 Å². The van der Waals surface area contributed by atoms with E-state index >= 15 is 0 Å². The van der Waals surface area contributed by atoms with E-state index < -0.39 is 11.5 Å². The van der Waals surface area contributed by atoms with E-state index in [1.807, 2.05) is 12.1 Å². The number of nitrogens with zero attached hydrogens (tertiary/aromatic N) is 4. The molecular formula is C23H28N6O4. The molecule has 2 aliphatic heterocycles. The Morgan fingerprint density at radius 1 is 1.21 bits per heavy atom. The fourth-order valence-corrected chi connectivity index (χ4v) is 4.13. The van der Waals surface area contributed by atoms with Crippen LogP contribution in [0.25, 0.3) is 5.57 Å². The van der Waals surface area contributed by atoms with Gasteiger partial charge in [0.2, 0.25) is 0 Å². The van der Waals surface area contributed by atoms with E-state index in [1.54, 1.807) is 39.5 Å². The molecule has 0 spiro atoms. The molecular weight excluding hydrogens is 424 g/mol. The lowest BCUT2D eigenvalue weighted by Crippen LogP contribution is -2.47. The number of morpholine rings is 1. The summed E-state index contributed by atoms with van der Waals surface area (Å²) in [5.41, 5.74) is 7.12. The molecule has 33 heavy (non-hydrogen) atoms. The maximum atomic E-state index is 13.1. The Balaban J connectivity index is 1.69. The van der Waals surface area contributed by atoms with Gasteiger partial charge in [0.1, 0.15) is 5.75 Å². The van der Waals surface area contributed by atoms with Crippen molar-refractivity contribution in [1.82, 2.24) is 14.9 Å². The lowest BCUT2D eigenvalue weighted by atomic mass is 9.97. The number of anilines is 2. The Labute approximate surface area is 192 Å². The van der Waals surface area contributed by atoms with Gasteiger partial charge in [-0.25, -0.2) is 9.97 Å². The number of benzene rings is 1. The largest absolute Gasteiger partial charge is 0.477 e. The molecule has 0 saturated carbocycles. The molecule has 1 atom stereocenters. The minimum absolute atomic E-state index is 0.119. The second-order valence-electron chi connectivity index (χ2n) is 8.39. The molecule has 2 aromatic rings. The Bertz CT molecular complexity index is 1080. The normalized spacial score (nSPS) is 20.1. The molecule has 1 aromatic heterocycles. The molecule has 10 heteroatoms. The lowest BCUT2D eigenvalue weighted by Gasteiger charge is -2.31. The van der Waals surface area contributed by atoms with Crippen LogP contribution in [0.2, 0.25) is 0 Å². The predicted octanol–water partition coefficient (Wildman–Crippen LogP) is 1.03. The highest BCUT2D eigenvalue weighted by Gasteiger charge is 2.43. The Morgan fingerprint density at radius 2 is 1.91 bits per heavy atom. The highest BCUT2D eigenvalue weighted by molar-refractivity contribution is 6.24. The quantitative estimate of drug-likeness (QED) is 0.645. The van der Waals surface area contributed by atoms with Gasteiger partial charge in [0.05, 0.1) is 30.2 Å². The van der Waals surface area contributed by atoms with Crippen molar-refractivity contribution < 1.29 is 19.1 Å². The van der Waals surface area contributed by atoms with Gasteiger partial charge in [-0.2, -0.15) is 0 Å². The zero-order valence-electron chi connectivity index (χ0n) is 19.0. The van der Waals surface area contributed by atoms with Crippen molar-refractivity contribution in [2.45, 2.75) is 18.9 Å². The van der Waals surface area contributed by atoms with E-state index in [0.717, 1.165) is 11.3 Å². The number of rotatable bonds is 5. The second kappa shape index (κ2) is 9.07. The predicted molar refractivity (Wildman–Crippen MR) is 124 cm³/mol. The number of fused-ring (bicyclic) bond motifs is 1. The summed E-state index contributed by atoms with van der Waals surface area (Å²) in [7, 11) is 3.41. The number of nitrogens with two attached hydrogens (primary N) is 1. The summed E-state index contributed by atoms with van der Waals surface area (Å²) in [4.78, 5) is 37.8. The molecule has 4 rings (SSSR count). The van der Waals surface area contributed by atoms with Crippen LogP contribution in [0.5, 0.6) is 5.75 Å². The first kappa shape index (κ1) is 22.5. The summed E-state index contributed by atoms with van der Waals surface area (Å²) in [5.74, 6) is 0.322. The SMILES string of the molecule is CN(C)C(=O)[C@@]1(C)Cc2cc(NC(=O)C(=CN)c3ncccn3)c(N3CCOCC3)cc2O1. The smallest absolute Gasteiger partial charge is 0.266 e. The monoisotopic (exact) mass is 452 g/mol. The van der Waals surface area contributed by atoms with E-state index in [2.05, 4.69) is 20.2 Å². The van der Waals surface area contributed by atoms with Gasteiger partial charge in [-0.1, -0.05) is 0 Å². The van der Waals surface area contributed by atoms with Crippen LogP contribution in [-0.4, -0.2) is 72.7 Å². The number of carbonyl (C=O) groups excluding carboxylic acids is 2. The number of ether oxygens (including phenoxy) is 2. The standard InChI is InChI=1S/C23H28N6O4/c1-23(22(31)28(2)3)13-15-11-17(18(12-19(15)33-23)29-7-9-32-10-8-29)27-21(30)16(14-24)20-25-5-4-6-26-20/h4-6,11-12,14H,7-10,13,24H2,1-3H3,(H,27,30)/t23-/m1/s1. The number of amides is 2. The third kappa shape index (κ3) is 4.47. The van der Waals surface area contributed by atoms with Crippen molar-refractivity contribution in [3.63, 3.8) is 0 Å². The third-order valence-corrected chi connectivity index (χ3v) is 5.72. The number of aromatic nitrogens is 2. The van der Waals surface area contributed by atoms with E-state index in [4.69, 9.17) is 15.2 Å². The highest BCUT2D eigenvalue weighted by Crippen LogP contribution is 2.42. The molecule has 3 heterocycles. The molecule has 1 saturated heterocycles. The van der Waals surface area contributed by atoms with Crippen molar-refractivity contribution in [3.8, 4) is 5.75 Å². The first-order valence-corrected chi connectivity index (χ1v) is 10.7. The summed E-state index contributed by atoms with van der Waals surface area (Å²) in [6.45, 7) is 4.26. The van der Waals surface area contributed by atoms with Crippen LogP contribution in [0.15, 0.2) is 36.8 Å². The van der Waals surface area contributed by atoms with Crippen molar-refractivity contribution in [2.24, 2.45) is 5.73 Å². The molecule has 1 aromatic carbocycles. The number of hydrogen-bond donors (Lipinski definition) is 2. The summed E-state index contributed by atoms with van der Waals surface area (Å²) in [6, 6.07) is 5.42. The number of nitrogens with one attached hydrogen (secondary N) is 1. The van der Waals surface area contributed by atoms with E-state index in [1.165, 1.54) is 11.1 Å². The van der Waals surface area contributed by atoms with Gasteiger partial charge in [0, 0.05) is 63.8 Å². The second-order valence-corrected chi connectivity index (χ2v) is 8.39. The Morgan fingerprint density at radius 3 is 2.55 bits per heavy atom. The topological polar surface area (TPSA) is 123 Å². The van der Waals surface area contributed by atoms with Gasteiger partial charge in [-0.3, -0.25) is 9.59 Å².